The summed E-state index contributed by atoms with van der Waals surface area (Å²) in [6.07, 6.45) is 3.94. The highest BCUT2D eigenvalue weighted by atomic mass is 16.5. The Hall–Kier alpha value is -1.65. The highest BCUT2D eigenvalue weighted by Crippen LogP contribution is 2.32. The second-order valence-electron chi connectivity index (χ2n) is 4.92. The lowest BCUT2D eigenvalue weighted by molar-refractivity contribution is 0.0587. The molecule has 18 heavy (non-hydrogen) atoms. The van der Waals surface area contributed by atoms with Crippen molar-refractivity contribution >= 4 is 11.8 Å². The minimum Gasteiger partial charge on any atom is -0.463 e. The molecular weight excluding hydrogens is 230 g/mol. The Balaban J connectivity index is 2.08. The largest absolute Gasteiger partial charge is 0.463 e. The first-order chi connectivity index (χ1) is 8.61. The molecule has 1 aromatic heterocycles. The van der Waals surface area contributed by atoms with Gasteiger partial charge in [0.05, 0.1) is 7.11 Å². The quantitative estimate of drug-likeness (QED) is 0.831. The number of carbonyl (C=O) groups excluding carboxylic acids is 1. The zero-order valence-corrected chi connectivity index (χ0v) is 11.0. The van der Waals surface area contributed by atoms with Gasteiger partial charge in [-0.15, -0.1) is 0 Å². The normalized spacial score (nSPS) is 26.9. The van der Waals surface area contributed by atoms with Gasteiger partial charge in [0.25, 0.3) is 0 Å². The van der Waals surface area contributed by atoms with E-state index < -0.39 is 5.97 Å². The van der Waals surface area contributed by atoms with Crippen molar-refractivity contribution in [2.75, 3.05) is 12.4 Å². The van der Waals surface area contributed by atoms with Crippen molar-refractivity contribution in [3.63, 3.8) is 0 Å². The molecular formula is C13H19N3O2. The lowest BCUT2D eigenvalue weighted by Crippen LogP contribution is -2.25. The van der Waals surface area contributed by atoms with Crippen molar-refractivity contribution in [3.8, 4) is 0 Å². The summed E-state index contributed by atoms with van der Waals surface area (Å²) in [5.74, 6) is 1.62. The van der Waals surface area contributed by atoms with Crippen molar-refractivity contribution < 1.29 is 9.53 Å². The van der Waals surface area contributed by atoms with Crippen molar-refractivity contribution in [1.29, 1.82) is 0 Å². The van der Waals surface area contributed by atoms with Crippen LogP contribution in [0.1, 0.15) is 37.3 Å². The van der Waals surface area contributed by atoms with E-state index in [4.69, 9.17) is 0 Å². The first kappa shape index (κ1) is 12.8. The van der Waals surface area contributed by atoms with E-state index in [0.717, 1.165) is 12.3 Å². The summed E-state index contributed by atoms with van der Waals surface area (Å²) in [5.41, 5.74) is 0. The number of ether oxygens (including phenoxy) is 1. The average molecular weight is 249 g/mol. The monoisotopic (exact) mass is 249 g/mol. The SMILES string of the molecule is COC(=O)c1nccc(NC2CCC(C)C2C)n1. The molecule has 0 bridgehead atoms. The van der Waals surface area contributed by atoms with Gasteiger partial charge < -0.3 is 10.1 Å². The van der Waals surface area contributed by atoms with Crippen molar-refractivity contribution in [2.24, 2.45) is 11.8 Å². The van der Waals surface area contributed by atoms with E-state index in [1.54, 1.807) is 12.3 Å². The molecule has 0 radical (unpaired) electrons. The number of esters is 1. The number of hydrogen-bond acceptors (Lipinski definition) is 5. The third kappa shape index (κ3) is 2.60. The number of carbonyl (C=O) groups is 1. The lowest BCUT2D eigenvalue weighted by Gasteiger charge is -2.20. The van der Waals surface area contributed by atoms with Crippen LogP contribution < -0.4 is 5.32 Å². The molecule has 98 valence electrons. The molecule has 5 nitrogen and oxygen atoms in total. The van der Waals surface area contributed by atoms with E-state index in [9.17, 15) is 4.79 Å². The Bertz CT molecular complexity index is 436. The molecule has 3 unspecified atom stereocenters. The van der Waals surface area contributed by atoms with Crippen LogP contribution in [-0.4, -0.2) is 29.1 Å². The fourth-order valence-corrected chi connectivity index (χ4v) is 2.39. The number of rotatable bonds is 3. The van der Waals surface area contributed by atoms with Gasteiger partial charge in [0, 0.05) is 12.2 Å². The van der Waals surface area contributed by atoms with Crippen LogP contribution in [0.25, 0.3) is 0 Å². The zero-order valence-electron chi connectivity index (χ0n) is 11.0. The smallest absolute Gasteiger partial charge is 0.376 e. The van der Waals surface area contributed by atoms with Crippen LogP contribution in [0.2, 0.25) is 0 Å². The summed E-state index contributed by atoms with van der Waals surface area (Å²) < 4.78 is 4.61. The Labute approximate surface area is 107 Å². The highest BCUT2D eigenvalue weighted by Gasteiger charge is 2.29. The molecule has 2 rings (SSSR count). The van der Waals surface area contributed by atoms with E-state index in [1.807, 2.05) is 0 Å². The molecule has 1 aromatic rings. The number of anilines is 1. The van der Waals surface area contributed by atoms with Crippen LogP contribution in [0.15, 0.2) is 12.3 Å². The molecule has 0 saturated heterocycles. The standard InChI is InChI=1S/C13H19N3O2/c1-8-4-5-10(9(8)2)15-11-6-7-14-12(16-11)13(17)18-3/h6-10H,4-5H2,1-3H3,(H,14,15,16). The van der Waals surface area contributed by atoms with Crippen LogP contribution in [0.5, 0.6) is 0 Å². The number of nitrogens with one attached hydrogen (secondary N) is 1. The van der Waals surface area contributed by atoms with Crippen LogP contribution in [0.4, 0.5) is 5.82 Å². The molecule has 1 N–H and O–H groups in total. The van der Waals surface area contributed by atoms with Gasteiger partial charge in [-0.25, -0.2) is 14.8 Å². The summed E-state index contributed by atoms with van der Waals surface area (Å²) >= 11 is 0. The Morgan fingerprint density at radius 2 is 2.22 bits per heavy atom. The molecule has 1 heterocycles. The molecule has 0 aliphatic heterocycles. The van der Waals surface area contributed by atoms with Crippen LogP contribution in [0, 0.1) is 11.8 Å². The molecule has 1 aliphatic rings. The Morgan fingerprint density at radius 1 is 1.44 bits per heavy atom. The topological polar surface area (TPSA) is 64.1 Å². The molecule has 5 heteroatoms. The number of aromatic nitrogens is 2. The second-order valence-corrected chi connectivity index (χ2v) is 4.92. The van der Waals surface area contributed by atoms with Crippen LogP contribution in [-0.2, 0) is 4.74 Å². The fraction of sp³-hybridized carbons (Fsp3) is 0.615. The molecule has 1 fully saturated rings. The van der Waals surface area contributed by atoms with Crippen LogP contribution >= 0.6 is 0 Å². The molecule has 1 aliphatic carbocycles. The fourth-order valence-electron chi connectivity index (χ4n) is 2.39. The highest BCUT2D eigenvalue weighted by molar-refractivity contribution is 5.85. The summed E-state index contributed by atoms with van der Waals surface area (Å²) in [6, 6.07) is 2.20. The maximum Gasteiger partial charge on any atom is 0.376 e. The molecule has 1 saturated carbocycles. The third-order valence-electron chi connectivity index (χ3n) is 3.82. The summed E-state index contributed by atoms with van der Waals surface area (Å²) in [5, 5.41) is 3.38. The van der Waals surface area contributed by atoms with Crippen molar-refractivity contribution in [2.45, 2.75) is 32.7 Å². The van der Waals surface area contributed by atoms with Crippen molar-refractivity contribution in [3.05, 3.63) is 18.1 Å². The van der Waals surface area contributed by atoms with E-state index in [0.29, 0.717) is 17.8 Å². The third-order valence-corrected chi connectivity index (χ3v) is 3.82. The second kappa shape index (κ2) is 5.33. The van der Waals surface area contributed by atoms with E-state index >= 15 is 0 Å². The first-order valence-corrected chi connectivity index (χ1v) is 6.29. The summed E-state index contributed by atoms with van der Waals surface area (Å²) in [7, 11) is 1.33. The van der Waals surface area contributed by atoms with Gasteiger partial charge in [0.15, 0.2) is 0 Å². The van der Waals surface area contributed by atoms with Gasteiger partial charge in [0.2, 0.25) is 5.82 Å². The first-order valence-electron chi connectivity index (χ1n) is 6.29. The minimum atomic E-state index is -0.508. The lowest BCUT2D eigenvalue weighted by atomic mass is 9.98. The number of nitrogens with zero attached hydrogens (tertiary/aromatic N) is 2. The molecule has 0 spiro atoms. The van der Waals surface area contributed by atoms with Gasteiger partial charge in [-0.1, -0.05) is 13.8 Å². The van der Waals surface area contributed by atoms with E-state index in [1.165, 1.54) is 13.5 Å². The molecule has 0 amide bonds. The number of methoxy groups -OCH3 is 1. The Kier molecular flexibility index (Phi) is 3.79. The minimum absolute atomic E-state index is 0.0983. The van der Waals surface area contributed by atoms with Crippen molar-refractivity contribution in [1.82, 2.24) is 9.97 Å². The van der Waals surface area contributed by atoms with Gasteiger partial charge in [-0.05, 0) is 30.7 Å². The summed E-state index contributed by atoms with van der Waals surface area (Å²) in [4.78, 5) is 19.4. The van der Waals surface area contributed by atoms with Gasteiger partial charge in [-0.2, -0.15) is 0 Å². The molecule has 3 atom stereocenters. The van der Waals surface area contributed by atoms with E-state index in [-0.39, 0.29) is 5.82 Å². The van der Waals surface area contributed by atoms with Crippen LogP contribution in [0.3, 0.4) is 0 Å². The number of hydrogen-bond donors (Lipinski definition) is 1. The van der Waals surface area contributed by atoms with Gasteiger partial charge >= 0.3 is 5.97 Å². The van der Waals surface area contributed by atoms with Gasteiger partial charge in [-0.3, -0.25) is 0 Å². The van der Waals surface area contributed by atoms with Gasteiger partial charge in [0.1, 0.15) is 5.82 Å². The average Bonchev–Trinajstić information content (AvgIpc) is 2.70. The maximum atomic E-state index is 11.3. The zero-order chi connectivity index (χ0) is 13.1. The predicted molar refractivity (Wildman–Crippen MR) is 68.3 cm³/mol. The Morgan fingerprint density at radius 3 is 2.83 bits per heavy atom. The van der Waals surface area contributed by atoms with E-state index in [2.05, 4.69) is 33.9 Å². The summed E-state index contributed by atoms with van der Waals surface area (Å²) in [6.45, 7) is 4.52. The maximum absolute atomic E-state index is 11.3. The molecule has 0 aromatic carbocycles. The predicted octanol–water partition coefficient (Wildman–Crippen LogP) is 2.11.